The largest absolute Gasteiger partial charge is 0.495 e. The van der Waals surface area contributed by atoms with Crippen LogP contribution in [0.4, 0.5) is 5.69 Å². The summed E-state index contributed by atoms with van der Waals surface area (Å²) in [6, 6.07) is 5.17. The average molecular weight is 382 g/mol. The second-order valence-electron chi connectivity index (χ2n) is 7.57. The van der Waals surface area contributed by atoms with Gasteiger partial charge in [-0.1, -0.05) is 26.7 Å². The third-order valence-corrected chi connectivity index (χ3v) is 7.42. The van der Waals surface area contributed by atoms with Gasteiger partial charge in [0.2, 0.25) is 10.0 Å². The Morgan fingerprint density at radius 2 is 1.92 bits per heavy atom. The number of piperazine rings is 1. The fraction of sp³-hybridized carbons (Fsp3) is 0.684. The summed E-state index contributed by atoms with van der Waals surface area (Å²) in [4.78, 5) is 2.50. The van der Waals surface area contributed by atoms with Crippen molar-refractivity contribution >= 4 is 15.7 Å². The Balaban J connectivity index is 1.85. The first kappa shape index (κ1) is 19.5. The molecule has 2 fully saturated rings. The van der Waals surface area contributed by atoms with E-state index in [9.17, 15) is 8.42 Å². The Hall–Kier alpha value is -1.31. The molecule has 0 spiro atoms. The minimum Gasteiger partial charge on any atom is -0.495 e. The zero-order valence-corrected chi connectivity index (χ0v) is 16.8. The van der Waals surface area contributed by atoms with Crippen LogP contribution in [0.2, 0.25) is 0 Å². The lowest BCUT2D eigenvalue weighted by Gasteiger charge is -2.34. The summed E-state index contributed by atoms with van der Waals surface area (Å²) in [5, 5.41) is 3.32. The summed E-state index contributed by atoms with van der Waals surface area (Å²) >= 11 is 0. The fourth-order valence-corrected chi connectivity index (χ4v) is 5.39. The maximum absolute atomic E-state index is 13.0. The Labute approximate surface area is 157 Å². The van der Waals surface area contributed by atoms with Gasteiger partial charge in [-0.2, -0.15) is 0 Å². The van der Waals surface area contributed by atoms with Crippen molar-refractivity contribution in [3.8, 4) is 5.75 Å². The number of hydrogen-bond acceptors (Lipinski definition) is 5. The molecular weight excluding hydrogens is 350 g/mol. The Kier molecular flexibility index (Phi) is 6.10. The second kappa shape index (κ2) is 8.15. The lowest BCUT2D eigenvalue weighted by molar-refractivity contribution is 0.227. The molecule has 1 aliphatic carbocycles. The van der Waals surface area contributed by atoms with Crippen LogP contribution in [0.25, 0.3) is 0 Å². The maximum atomic E-state index is 13.0. The number of methoxy groups -OCH3 is 1. The Bertz CT molecular complexity index is 717. The molecule has 7 heteroatoms. The summed E-state index contributed by atoms with van der Waals surface area (Å²) < 4.78 is 34.4. The normalized spacial score (nSPS) is 27.3. The van der Waals surface area contributed by atoms with Crippen molar-refractivity contribution in [1.82, 2.24) is 10.0 Å². The van der Waals surface area contributed by atoms with Crippen molar-refractivity contribution in [2.75, 3.05) is 38.2 Å². The molecule has 2 aliphatic rings. The highest BCUT2D eigenvalue weighted by Gasteiger charge is 2.31. The number of hydrogen-bond donors (Lipinski definition) is 2. The molecule has 26 heavy (non-hydrogen) atoms. The van der Waals surface area contributed by atoms with Crippen LogP contribution in [0.15, 0.2) is 23.1 Å². The van der Waals surface area contributed by atoms with Crippen LogP contribution in [0, 0.1) is 11.8 Å². The molecule has 3 atom stereocenters. The first-order valence-electron chi connectivity index (χ1n) is 9.58. The molecule has 3 unspecified atom stereocenters. The van der Waals surface area contributed by atoms with Crippen LogP contribution >= 0.6 is 0 Å². The van der Waals surface area contributed by atoms with Gasteiger partial charge in [-0.3, -0.25) is 0 Å². The molecular formula is C19H31N3O3S. The van der Waals surface area contributed by atoms with Crippen molar-refractivity contribution in [3.05, 3.63) is 18.2 Å². The van der Waals surface area contributed by atoms with Gasteiger partial charge < -0.3 is 15.0 Å². The molecule has 0 bridgehead atoms. The van der Waals surface area contributed by atoms with E-state index in [1.54, 1.807) is 25.3 Å². The molecule has 1 aromatic carbocycles. The van der Waals surface area contributed by atoms with Gasteiger partial charge in [0.1, 0.15) is 5.75 Å². The predicted molar refractivity (Wildman–Crippen MR) is 104 cm³/mol. The van der Waals surface area contributed by atoms with E-state index in [-0.39, 0.29) is 6.04 Å². The maximum Gasteiger partial charge on any atom is 0.240 e. The van der Waals surface area contributed by atoms with E-state index < -0.39 is 10.0 Å². The Morgan fingerprint density at radius 1 is 1.19 bits per heavy atom. The fourth-order valence-electron chi connectivity index (χ4n) is 4.01. The van der Waals surface area contributed by atoms with Crippen LogP contribution in [0.5, 0.6) is 5.75 Å². The predicted octanol–water partition coefficient (Wildman–Crippen LogP) is 2.21. The molecule has 0 amide bonds. The van der Waals surface area contributed by atoms with E-state index in [2.05, 4.69) is 28.8 Å². The highest BCUT2D eigenvalue weighted by molar-refractivity contribution is 7.89. The standard InChI is InChI=1S/C19H31N3O3S/c1-14-5-4-6-17(15(14)2)21-26(23,24)16-7-8-19(25-3)18(13-16)22-11-9-20-10-12-22/h7-8,13-15,17,20-21H,4-6,9-12H2,1-3H3. The van der Waals surface area contributed by atoms with Gasteiger partial charge in [-0.25, -0.2) is 13.1 Å². The molecule has 3 rings (SSSR count). The van der Waals surface area contributed by atoms with Crippen LogP contribution in [-0.4, -0.2) is 47.7 Å². The van der Waals surface area contributed by atoms with Gasteiger partial charge >= 0.3 is 0 Å². The third-order valence-electron chi connectivity index (χ3n) is 5.93. The lowest BCUT2D eigenvalue weighted by atomic mass is 9.78. The molecule has 1 heterocycles. The van der Waals surface area contributed by atoms with Crippen LogP contribution in [0.3, 0.4) is 0 Å². The molecule has 146 valence electrons. The van der Waals surface area contributed by atoms with Crippen molar-refractivity contribution in [2.24, 2.45) is 11.8 Å². The third kappa shape index (κ3) is 4.15. The Morgan fingerprint density at radius 3 is 2.62 bits per heavy atom. The van der Waals surface area contributed by atoms with Crippen molar-refractivity contribution < 1.29 is 13.2 Å². The molecule has 6 nitrogen and oxygen atoms in total. The summed E-state index contributed by atoms with van der Waals surface area (Å²) in [6.07, 6.45) is 3.16. The summed E-state index contributed by atoms with van der Waals surface area (Å²) in [7, 11) is -1.93. The van der Waals surface area contributed by atoms with Gasteiger partial charge in [-0.05, 0) is 36.5 Å². The monoisotopic (exact) mass is 381 g/mol. The highest BCUT2D eigenvalue weighted by atomic mass is 32.2. The highest BCUT2D eigenvalue weighted by Crippen LogP contribution is 2.33. The average Bonchev–Trinajstić information content (AvgIpc) is 2.65. The van der Waals surface area contributed by atoms with E-state index in [0.717, 1.165) is 44.7 Å². The summed E-state index contributed by atoms with van der Waals surface area (Å²) in [6.45, 7) is 7.80. The molecule has 2 N–H and O–H groups in total. The number of nitrogens with one attached hydrogen (secondary N) is 2. The first-order chi connectivity index (χ1) is 12.4. The molecule has 0 radical (unpaired) electrons. The summed E-state index contributed by atoms with van der Waals surface area (Å²) in [5.41, 5.74) is 0.849. The molecule has 1 saturated heterocycles. The first-order valence-corrected chi connectivity index (χ1v) is 11.1. The topological polar surface area (TPSA) is 70.7 Å². The summed E-state index contributed by atoms with van der Waals surface area (Å²) in [5.74, 6) is 1.61. The van der Waals surface area contributed by atoms with Gasteiger partial charge in [0.15, 0.2) is 0 Å². The SMILES string of the molecule is COc1ccc(S(=O)(=O)NC2CCCC(C)C2C)cc1N1CCNCC1. The zero-order valence-electron chi connectivity index (χ0n) is 16.0. The van der Waals surface area contributed by atoms with E-state index in [1.807, 2.05) is 0 Å². The van der Waals surface area contributed by atoms with Crippen LogP contribution < -0.4 is 19.7 Å². The minimum atomic E-state index is -3.55. The lowest BCUT2D eigenvalue weighted by Crippen LogP contribution is -2.44. The van der Waals surface area contributed by atoms with E-state index >= 15 is 0 Å². The minimum absolute atomic E-state index is 0.00786. The molecule has 0 aromatic heterocycles. The van der Waals surface area contributed by atoms with Gasteiger partial charge in [0, 0.05) is 32.2 Å². The number of benzene rings is 1. The zero-order chi connectivity index (χ0) is 18.7. The number of ether oxygens (including phenoxy) is 1. The molecule has 1 aliphatic heterocycles. The van der Waals surface area contributed by atoms with Gasteiger partial charge in [0.05, 0.1) is 17.7 Å². The van der Waals surface area contributed by atoms with Crippen molar-refractivity contribution in [1.29, 1.82) is 0 Å². The number of anilines is 1. The van der Waals surface area contributed by atoms with Crippen LogP contribution in [0.1, 0.15) is 33.1 Å². The van der Waals surface area contributed by atoms with Gasteiger partial charge in [-0.15, -0.1) is 0 Å². The molecule has 1 aromatic rings. The van der Waals surface area contributed by atoms with E-state index in [0.29, 0.717) is 22.5 Å². The van der Waals surface area contributed by atoms with E-state index in [1.165, 1.54) is 6.42 Å². The number of rotatable bonds is 5. The smallest absolute Gasteiger partial charge is 0.240 e. The number of nitrogens with zero attached hydrogens (tertiary/aromatic N) is 1. The quantitative estimate of drug-likeness (QED) is 0.818. The van der Waals surface area contributed by atoms with Gasteiger partial charge in [0.25, 0.3) is 0 Å². The van der Waals surface area contributed by atoms with E-state index in [4.69, 9.17) is 4.74 Å². The van der Waals surface area contributed by atoms with Crippen LogP contribution in [-0.2, 0) is 10.0 Å². The molecule has 1 saturated carbocycles. The number of sulfonamides is 1. The van der Waals surface area contributed by atoms with Crippen molar-refractivity contribution in [2.45, 2.75) is 44.0 Å². The van der Waals surface area contributed by atoms with Crippen molar-refractivity contribution in [3.63, 3.8) is 0 Å². The second-order valence-corrected chi connectivity index (χ2v) is 9.28.